The Morgan fingerprint density at radius 3 is 1.02 bits per heavy atom. The van der Waals surface area contributed by atoms with E-state index in [0.29, 0.717) is 0 Å². The van der Waals surface area contributed by atoms with Gasteiger partial charge in [0.2, 0.25) is 16.6 Å². The van der Waals surface area contributed by atoms with Crippen LogP contribution in [0.2, 0.25) is 36.3 Å². The first-order valence-corrected chi connectivity index (χ1v) is 19.5. The summed E-state index contributed by atoms with van der Waals surface area (Å²) < 4.78 is 63.5. The Kier molecular flexibility index (Phi) is 16.8. The monoisotopic (exact) mass is 664 g/mol. The second kappa shape index (κ2) is 17.8. The first-order valence-electron chi connectivity index (χ1n) is 13.7. The van der Waals surface area contributed by atoms with Crippen LogP contribution in [-0.2, 0) is 21.7 Å². The van der Waals surface area contributed by atoms with Gasteiger partial charge in [0.1, 0.15) is 0 Å². The van der Waals surface area contributed by atoms with E-state index in [2.05, 4.69) is 41.5 Å². The topological polar surface area (TPSA) is 18.5 Å². The maximum atomic E-state index is 13.4. The van der Waals surface area contributed by atoms with Gasteiger partial charge in [0.15, 0.2) is 0 Å². The third kappa shape index (κ3) is 14.8. The van der Waals surface area contributed by atoms with Crippen LogP contribution in [0.1, 0.15) is 41.5 Å². The van der Waals surface area contributed by atoms with Crippen LogP contribution in [0.15, 0.2) is 84.9 Å². The molecule has 0 aliphatic carbocycles. The molecule has 43 heavy (non-hydrogen) atoms. The number of hydrogen-bond acceptors (Lipinski definition) is 2. The van der Waals surface area contributed by atoms with Gasteiger partial charge >= 0.3 is 21.7 Å². The van der Waals surface area contributed by atoms with Crippen molar-refractivity contribution in [3.63, 3.8) is 0 Å². The maximum absolute atomic E-state index is 13.4. The molecule has 9 heteroatoms. The molecule has 0 saturated carbocycles. The van der Waals surface area contributed by atoms with Crippen molar-refractivity contribution in [1.29, 1.82) is 0 Å². The summed E-state index contributed by atoms with van der Waals surface area (Å²) in [6, 6.07) is 28.9. The van der Waals surface area contributed by atoms with Crippen molar-refractivity contribution in [2.24, 2.45) is 0 Å². The third-order valence-electron chi connectivity index (χ3n) is 7.11. The molecule has 0 unspecified atom stereocenters. The van der Waals surface area contributed by atoms with Crippen LogP contribution < -0.4 is 8.85 Å². The molecular formula is C34H44F4O2Si2Ti. The molecule has 0 heterocycles. The first-order chi connectivity index (χ1) is 19.3. The molecule has 0 N–H and O–H groups in total. The molecule has 4 aromatic carbocycles. The van der Waals surface area contributed by atoms with Gasteiger partial charge in [-0.3, -0.25) is 0 Å². The fourth-order valence-corrected chi connectivity index (χ4v) is 4.54. The van der Waals surface area contributed by atoms with Gasteiger partial charge in [-0.15, -0.1) is 36.4 Å². The molecule has 2 nitrogen and oxygen atoms in total. The van der Waals surface area contributed by atoms with Gasteiger partial charge in [0.25, 0.3) is 0 Å². The molecule has 0 fully saturated rings. The standard InChI is InChI=1S/2C12H17F2OSi.2C5H5.Ti/c2*1-12(2,3)16(4,5)15-11-7-6-9(13)8-10(11)14;2*1-2-4-5-3-1;/h2*6-7H,1-5H3;2*1-5H;/q4*-1;+4. The molecule has 0 atom stereocenters. The van der Waals surface area contributed by atoms with Crippen molar-refractivity contribution >= 4 is 16.6 Å². The fourth-order valence-electron chi connectivity index (χ4n) is 2.52. The normalized spacial score (nSPS) is 11.3. The second-order valence-electron chi connectivity index (χ2n) is 12.6. The van der Waals surface area contributed by atoms with Gasteiger partial charge in [0, 0.05) is 23.1 Å². The van der Waals surface area contributed by atoms with E-state index < -0.39 is 39.9 Å². The summed E-state index contributed by atoms with van der Waals surface area (Å²) in [5, 5.41) is -0.0400. The van der Waals surface area contributed by atoms with Gasteiger partial charge in [-0.2, -0.15) is 36.4 Å². The summed E-state index contributed by atoms with van der Waals surface area (Å²) in [7, 11) is -4.15. The zero-order chi connectivity index (χ0) is 32.2. The number of benzene rings is 2. The zero-order valence-corrected chi connectivity index (χ0v) is 30.5. The van der Waals surface area contributed by atoms with Crippen LogP contribution in [-0.4, -0.2) is 16.6 Å². The quantitative estimate of drug-likeness (QED) is 0.123. The van der Waals surface area contributed by atoms with Crippen molar-refractivity contribution < 1.29 is 48.1 Å². The van der Waals surface area contributed by atoms with Crippen LogP contribution >= 0.6 is 0 Å². The van der Waals surface area contributed by atoms with E-state index in [0.717, 1.165) is 12.1 Å². The predicted octanol–water partition coefficient (Wildman–Crippen LogP) is 11.1. The van der Waals surface area contributed by atoms with Gasteiger partial charge in [-0.05, 0) is 36.3 Å². The Balaban J connectivity index is 0.000000608. The Morgan fingerprint density at radius 2 is 0.837 bits per heavy atom. The second-order valence-corrected chi connectivity index (χ2v) is 22.1. The van der Waals surface area contributed by atoms with Gasteiger partial charge in [-0.25, -0.2) is 41.8 Å². The van der Waals surface area contributed by atoms with Crippen molar-refractivity contribution in [3.8, 4) is 11.5 Å². The molecular weight excluding hydrogens is 620 g/mol. The zero-order valence-electron chi connectivity index (χ0n) is 26.9. The van der Waals surface area contributed by atoms with Crippen LogP contribution in [0.25, 0.3) is 0 Å². The van der Waals surface area contributed by atoms with Crippen molar-refractivity contribution in [3.05, 3.63) is 120 Å². The van der Waals surface area contributed by atoms with Crippen molar-refractivity contribution in [2.45, 2.75) is 77.8 Å². The van der Waals surface area contributed by atoms with Gasteiger partial charge in [0.05, 0.1) is 11.6 Å². The number of halogens is 4. The molecule has 4 aromatic rings. The minimum absolute atomic E-state index is 0. The summed E-state index contributed by atoms with van der Waals surface area (Å²) in [5.74, 6) is -2.75. The molecule has 4 rings (SSSR count). The Hall–Kier alpha value is -2.39. The fraction of sp³-hybridized carbons (Fsp3) is 0.353. The van der Waals surface area contributed by atoms with Crippen LogP contribution in [0.5, 0.6) is 11.5 Å². The molecule has 0 amide bonds. The molecule has 0 aliphatic heterocycles. The predicted molar refractivity (Wildman–Crippen MR) is 170 cm³/mol. The number of rotatable bonds is 4. The van der Waals surface area contributed by atoms with Crippen molar-refractivity contribution in [2.75, 3.05) is 0 Å². The van der Waals surface area contributed by atoms with E-state index in [-0.39, 0.29) is 43.3 Å². The average molecular weight is 665 g/mol. The largest absolute Gasteiger partial charge is 4.00 e. The third-order valence-corrected chi connectivity index (χ3v) is 15.8. The molecule has 0 saturated heterocycles. The van der Waals surface area contributed by atoms with E-state index in [1.54, 1.807) is 0 Å². The first kappa shape index (κ1) is 40.6. The van der Waals surface area contributed by atoms with Crippen molar-refractivity contribution in [1.82, 2.24) is 0 Å². The minimum atomic E-state index is -2.08. The van der Waals surface area contributed by atoms with Crippen LogP contribution in [0, 0.1) is 35.4 Å². The summed E-state index contributed by atoms with van der Waals surface area (Å²) >= 11 is 0. The minimum Gasteiger partial charge on any atom is -0.599 e. The molecule has 232 valence electrons. The van der Waals surface area contributed by atoms with E-state index >= 15 is 0 Å². The Morgan fingerprint density at radius 1 is 0.558 bits per heavy atom. The van der Waals surface area contributed by atoms with E-state index in [4.69, 9.17) is 8.85 Å². The van der Waals surface area contributed by atoms with E-state index in [1.807, 2.05) is 99.0 Å². The van der Waals surface area contributed by atoms with Crippen LogP contribution in [0.4, 0.5) is 17.6 Å². The maximum Gasteiger partial charge on any atom is 4.00 e. The summed E-state index contributed by atoms with van der Waals surface area (Å²) in [6.07, 6.45) is 0. The molecule has 0 bridgehead atoms. The molecule has 0 radical (unpaired) electrons. The Labute approximate surface area is 273 Å². The molecule has 0 spiro atoms. The summed E-state index contributed by atoms with van der Waals surface area (Å²) in [5.41, 5.74) is 0. The Bertz CT molecular complexity index is 1160. The van der Waals surface area contributed by atoms with Gasteiger partial charge in [-0.1, -0.05) is 41.5 Å². The molecule has 0 aliphatic rings. The van der Waals surface area contributed by atoms with Gasteiger partial charge < -0.3 is 8.85 Å². The van der Waals surface area contributed by atoms with E-state index in [1.165, 1.54) is 12.1 Å². The number of hydrogen-bond donors (Lipinski definition) is 0. The summed E-state index contributed by atoms with van der Waals surface area (Å²) in [6.45, 7) is 20.4. The summed E-state index contributed by atoms with van der Waals surface area (Å²) in [4.78, 5) is 0. The van der Waals surface area contributed by atoms with Crippen LogP contribution in [0.3, 0.4) is 0 Å². The smallest absolute Gasteiger partial charge is 0.599 e. The average Bonchev–Trinajstić information content (AvgIpc) is 3.61. The SMILES string of the molecule is CC(C)(C)[Si](C)(C)Oc1ccc(F)[c-]c1F.CC(C)(C)[Si](C)(C)Oc1ccc(F)[c-]c1F.[Ti+4].c1cc[cH-]c1.c1cc[cH-]c1. The molecule has 0 aromatic heterocycles. The van der Waals surface area contributed by atoms with E-state index in [9.17, 15) is 17.6 Å².